The van der Waals surface area contributed by atoms with Crippen LogP contribution in [0.3, 0.4) is 0 Å². The normalized spacial score (nSPS) is 19.4. The summed E-state index contributed by atoms with van der Waals surface area (Å²) in [4.78, 5) is 21.5. The van der Waals surface area contributed by atoms with Crippen LogP contribution in [-0.2, 0) is 27.1 Å². The Hall–Kier alpha value is -2.29. The molecule has 0 saturated carbocycles. The van der Waals surface area contributed by atoms with E-state index in [9.17, 15) is 13.2 Å². The van der Waals surface area contributed by atoms with Gasteiger partial charge in [0, 0.05) is 64.1 Å². The van der Waals surface area contributed by atoms with E-state index >= 15 is 0 Å². The minimum atomic E-state index is -3.35. The van der Waals surface area contributed by atoms with Gasteiger partial charge in [0.2, 0.25) is 15.9 Å². The fourth-order valence-corrected chi connectivity index (χ4v) is 5.95. The first-order valence-electron chi connectivity index (χ1n) is 10.9. The molecule has 2 aromatic rings. The Labute approximate surface area is 184 Å². The molecule has 1 aromatic heterocycles. The minimum absolute atomic E-state index is 0.0192. The largest absolute Gasteiger partial charge is 0.340 e. The number of carbonyl (C=O) groups excluding carboxylic acids is 1. The molecule has 0 bridgehead atoms. The third kappa shape index (κ3) is 5.70. The first-order chi connectivity index (χ1) is 15.0. The molecular formula is C23H30N4O3S. The van der Waals surface area contributed by atoms with Crippen LogP contribution >= 0.6 is 0 Å². The van der Waals surface area contributed by atoms with Crippen molar-refractivity contribution < 1.29 is 13.2 Å². The van der Waals surface area contributed by atoms with Gasteiger partial charge in [0.25, 0.3) is 0 Å². The second-order valence-electron chi connectivity index (χ2n) is 8.38. The summed E-state index contributed by atoms with van der Waals surface area (Å²) in [5.74, 6) is 0.125. The lowest BCUT2D eigenvalue weighted by atomic mass is 9.96. The average Bonchev–Trinajstić information content (AvgIpc) is 2.80. The molecule has 0 radical (unpaired) electrons. The number of rotatable bonds is 6. The topological polar surface area (TPSA) is 73.8 Å². The molecule has 2 aliphatic heterocycles. The molecule has 0 unspecified atom stereocenters. The summed E-state index contributed by atoms with van der Waals surface area (Å²) in [5.41, 5.74) is 1.98. The van der Waals surface area contributed by atoms with E-state index in [2.05, 4.69) is 16.0 Å². The fraction of sp³-hybridized carbons (Fsp3) is 0.478. The van der Waals surface area contributed by atoms with Gasteiger partial charge in [-0.25, -0.2) is 12.7 Å². The molecule has 8 heteroatoms. The average molecular weight is 443 g/mol. The predicted molar refractivity (Wildman–Crippen MR) is 119 cm³/mol. The van der Waals surface area contributed by atoms with Gasteiger partial charge in [-0.3, -0.25) is 14.7 Å². The van der Waals surface area contributed by atoms with E-state index in [0.29, 0.717) is 25.9 Å². The summed E-state index contributed by atoms with van der Waals surface area (Å²) in [5, 5.41) is 0. The maximum absolute atomic E-state index is 13.0. The van der Waals surface area contributed by atoms with Crippen molar-refractivity contribution in [3.8, 4) is 0 Å². The fourth-order valence-electron chi connectivity index (χ4n) is 4.39. The van der Waals surface area contributed by atoms with E-state index in [1.165, 1.54) is 5.56 Å². The number of benzene rings is 1. The number of piperidine rings is 1. The first-order valence-corrected chi connectivity index (χ1v) is 12.5. The highest BCUT2D eigenvalue weighted by atomic mass is 32.2. The highest BCUT2D eigenvalue weighted by Gasteiger charge is 2.34. The molecule has 4 rings (SSSR count). The number of nitrogens with zero attached hydrogens (tertiary/aromatic N) is 4. The van der Waals surface area contributed by atoms with E-state index in [1.54, 1.807) is 10.5 Å². The maximum atomic E-state index is 13.0. The number of amides is 1. The lowest BCUT2D eigenvalue weighted by molar-refractivity contribution is -0.138. The Balaban J connectivity index is 1.24. The molecule has 2 saturated heterocycles. The zero-order valence-corrected chi connectivity index (χ0v) is 18.6. The van der Waals surface area contributed by atoms with E-state index < -0.39 is 10.0 Å². The molecule has 0 atom stereocenters. The van der Waals surface area contributed by atoms with Crippen molar-refractivity contribution in [3.05, 3.63) is 66.0 Å². The number of piperazine rings is 1. The van der Waals surface area contributed by atoms with Gasteiger partial charge in [0.1, 0.15) is 0 Å². The van der Waals surface area contributed by atoms with E-state index in [-0.39, 0.29) is 17.6 Å². The molecule has 1 amide bonds. The summed E-state index contributed by atoms with van der Waals surface area (Å²) >= 11 is 0. The molecular weight excluding hydrogens is 412 g/mol. The van der Waals surface area contributed by atoms with Crippen molar-refractivity contribution in [1.29, 1.82) is 0 Å². The highest BCUT2D eigenvalue weighted by molar-refractivity contribution is 7.88. The van der Waals surface area contributed by atoms with Crippen LogP contribution in [-0.4, -0.2) is 72.7 Å². The number of aromatic nitrogens is 1. The highest BCUT2D eigenvalue weighted by Crippen LogP contribution is 2.24. The Morgan fingerprint density at radius 3 is 2.23 bits per heavy atom. The van der Waals surface area contributed by atoms with Gasteiger partial charge in [-0.2, -0.15) is 0 Å². The van der Waals surface area contributed by atoms with Crippen LogP contribution in [0.1, 0.15) is 24.0 Å². The molecule has 0 spiro atoms. The van der Waals surface area contributed by atoms with Gasteiger partial charge in [0.15, 0.2) is 0 Å². The van der Waals surface area contributed by atoms with Crippen molar-refractivity contribution in [2.75, 3.05) is 39.3 Å². The van der Waals surface area contributed by atoms with Crippen LogP contribution < -0.4 is 0 Å². The Morgan fingerprint density at radius 2 is 1.58 bits per heavy atom. The summed E-state index contributed by atoms with van der Waals surface area (Å²) in [6.45, 7) is 4.86. The molecule has 2 fully saturated rings. The standard InChI is InChI=1S/C23H30N4O3S/c28-23(26-15-13-25(14-16-26)18-21-7-4-10-24-17-21)22-8-11-27(12-9-22)31(29,30)19-20-5-2-1-3-6-20/h1-7,10,17,22H,8-9,11-16,18-19H2. The predicted octanol–water partition coefficient (Wildman–Crippen LogP) is 1.97. The van der Waals surface area contributed by atoms with E-state index in [1.807, 2.05) is 47.5 Å². The summed E-state index contributed by atoms with van der Waals surface area (Å²) in [6, 6.07) is 13.3. The van der Waals surface area contributed by atoms with E-state index in [4.69, 9.17) is 0 Å². The van der Waals surface area contributed by atoms with Gasteiger partial charge in [-0.1, -0.05) is 36.4 Å². The second kappa shape index (κ2) is 9.89. The first kappa shape index (κ1) is 21.9. The van der Waals surface area contributed by atoms with Crippen molar-refractivity contribution in [3.63, 3.8) is 0 Å². The lowest BCUT2D eigenvalue weighted by Gasteiger charge is -2.38. The summed E-state index contributed by atoms with van der Waals surface area (Å²) in [6.07, 6.45) is 4.86. The summed E-state index contributed by atoms with van der Waals surface area (Å²) in [7, 11) is -3.35. The lowest BCUT2D eigenvalue weighted by Crippen LogP contribution is -2.51. The number of hydrogen-bond acceptors (Lipinski definition) is 5. The number of carbonyl (C=O) groups is 1. The van der Waals surface area contributed by atoms with Crippen LogP contribution in [0.15, 0.2) is 54.9 Å². The minimum Gasteiger partial charge on any atom is -0.340 e. The van der Waals surface area contributed by atoms with Crippen LogP contribution in [0.5, 0.6) is 0 Å². The number of pyridine rings is 1. The molecule has 0 aliphatic carbocycles. The third-order valence-corrected chi connectivity index (χ3v) is 8.05. The molecule has 3 heterocycles. The van der Waals surface area contributed by atoms with Gasteiger partial charge < -0.3 is 4.90 Å². The third-order valence-electron chi connectivity index (χ3n) is 6.20. The molecule has 0 N–H and O–H groups in total. The molecule has 166 valence electrons. The summed E-state index contributed by atoms with van der Waals surface area (Å²) < 4.78 is 27.0. The van der Waals surface area contributed by atoms with Crippen molar-refractivity contribution in [2.24, 2.45) is 5.92 Å². The van der Waals surface area contributed by atoms with Crippen LogP contribution in [0.25, 0.3) is 0 Å². The van der Waals surface area contributed by atoms with E-state index in [0.717, 1.165) is 38.3 Å². The van der Waals surface area contributed by atoms with Crippen LogP contribution in [0.4, 0.5) is 0 Å². The molecule has 2 aliphatic rings. The Kier molecular flexibility index (Phi) is 6.99. The SMILES string of the molecule is O=C(C1CCN(S(=O)(=O)Cc2ccccc2)CC1)N1CCN(Cc2cccnc2)CC1. The second-order valence-corrected chi connectivity index (χ2v) is 10.3. The molecule has 31 heavy (non-hydrogen) atoms. The maximum Gasteiger partial charge on any atom is 0.225 e. The van der Waals surface area contributed by atoms with Gasteiger partial charge in [-0.15, -0.1) is 0 Å². The Bertz CT molecular complexity index is 953. The van der Waals surface area contributed by atoms with Gasteiger partial charge >= 0.3 is 0 Å². The van der Waals surface area contributed by atoms with Crippen molar-refractivity contribution in [1.82, 2.24) is 19.1 Å². The smallest absolute Gasteiger partial charge is 0.225 e. The zero-order chi connectivity index (χ0) is 21.7. The molecule has 1 aromatic carbocycles. The Morgan fingerprint density at radius 1 is 0.903 bits per heavy atom. The molecule has 7 nitrogen and oxygen atoms in total. The van der Waals surface area contributed by atoms with Gasteiger partial charge in [0.05, 0.1) is 5.75 Å². The van der Waals surface area contributed by atoms with Crippen LogP contribution in [0.2, 0.25) is 0 Å². The zero-order valence-electron chi connectivity index (χ0n) is 17.8. The van der Waals surface area contributed by atoms with Gasteiger partial charge in [-0.05, 0) is 30.0 Å². The number of hydrogen-bond donors (Lipinski definition) is 0. The van der Waals surface area contributed by atoms with Crippen LogP contribution in [0, 0.1) is 5.92 Å². The van der Waals surface area contributed by atoms with Crippen molar-refractivity contribution >= 4 is 15.9 Å². The quantitative estimate of drug-likeness (QED) is 0.684. The number of sulfonamides is 1. The van der Waals surface area contributed by atoms with Crippen molar-refractivity contribution in [2.45, 2.75) is 25.1 Å². The monoisotopic (exact) mass is 442 g/mol.